The molecule has 4 nitrogen and oxygen atoms in total. The lowest BCUT2D eigenvalue weighted by Crippen LogP contribution is -2.52. The van der Waals surface area contributed by atoms with Crippen molar-refractivity contribution in [1.29, 1.82) is 0 Å². The third-order valence-electron chi connectivity index (χ3n) is 4.67. The van der Waals surface area contributed by atoms with E-state index in [9.17, 15) is 9.59 Å². The second kappa shape index (κ2) is 12.2. The minimum absolute atomic E-state index is 0.116. The quantitative estimate of drug-likeness (QED) is 0.293. The topological polar surface area (TPSA) is 49.4 Å². The molecular weight excluding hydrogens is 487 g/mol. The number of halogens is 3. The molecule has 0 bridgehead atoms. The van der Waals surface area contributed by atoms with Gasteiger partial charge in [0.2, 0.25) is 11.8 Å². The zero-order valence-electron chi connectivity index (χ0n) is 18.8. The van der Waals surface area contributed by atoms with Crippen molar-refractivity contribution in [2.75, 3.05) is 5.75 Å². The summed E-state index contributed by atoms with van der Waals surface area (Å²) < 4.78 is 0. The van der Waals surface area contributed by atoms with Crippen LogP contribution in [0.15, 0.2) is 47.4 Å². The summed E-state index contributed by atoms with van der Waals surface area (Å²) in [5, 5.41) is 4.58. The molecule has 0 aliphatic rings. The van der Waals surface area contributed by atoms with Crippen LogP contribution in [0.25, 0.3) is 0 Å². The molecule has 0 radical (unpaired) electrons. The molecule has 32 heavy (non-hydrogen) atoms. The average molecular weight is 516 g/mol. The SMILES string of the molecule is C[C@@H](C(=O)NC(C)(C)C)N(Cc1c(Cl)cccc1Cl)C(=O)CCCSc1ccc(Cl)cc1. The molecule has 0 aliphatic heterocycles. The van der Waals surface area contributed by atoms with Gasteiger partial charge in [-0.25, -0.2) is 0 Å². The minimum Gasteiger partial charge on any atom is -0.350 e. The fraction of sp³-hybridized carbons (Fsp3) is 0.417. The molecule has 0 aromatic heterocycles. The van der Waals surface area contributed by atoms with Gasteiger partial charge in [-0.2, -0.15) is 0 Å². The third-order valence-corrected chi connectivity index (χ3v) is 6.73. The lowest BCUT2D eigenvalue weighted by atomic mass is 10.1. The van der Waals surface area contributed by atoms with Gasteiger partial charge in [-0.15, -0.1) is 11.8 Å². The molecule has 1 atom stereocenters. The maximum atomic E-state index is 13.2. The van der Waals surface area contributed by atoms with Crippen LogP contribution >= 0.6 is 46.6 Å². The lowest BCUT2D eigenvalue weighted by molar-refractivity contribution is -0.141. The Morgan fingerprint density at radius 1 is 1.03 bits per heavy atom. The number of rotatable bonds is 9. The predicted molar refractivity (Wildman–Crippen MR) is 136 cm³/mol. The van der Waals surface area contributed by atoms with Crippen LogP contribution in [0.1, 0.15) is 46.1 Å². The molecule has 0 aliphatic carbocycles. The predicted octanol–water partition coefficient (Wildman–Crippen LogP) is 6.85. The van der Waals surface area contributed by atoms with E-state index >= 15 is 0 Å². The lowest BCUT2D eigenvalue weighted by Gasteiger charge is -2.32. The normalized spacial score (nSPS) is 12.3. The van der Waals surface area contributed by atoms with E-state index in [0.717, 1.165) is 10.6 Å². The van der Waals surface area contributed by atoms with Gasteiger partial charge in [-0.05, 0) is 76.3 Å². The molecule has 2 aromatic rings. The second-order valence-corrected chi connectivity index (χ2v) is 11.0. The number of benzene rings is 2. The Bertz CT molecular complexity index is 910. The van der Waals surface area contributed by atoms with Crippen molar-refractivity contribution in [1.82, 2.24) is 10.2 Å². The summed E-state index contributed by atoms with van der Waals surface area (Å²) in [5.74, 6) is 0.440. The van der Waals surface area contributed by atoms with Crippen LogP contribution in [-0.2, 0) is 16.1 Å². The molecule has 0 saturated heterocycles. The van der Waals surface area contributed by atoms with Gasteiger partial charge in [0.25, 0.3) is 0 Å². The molecule has 0 unspecified atom stereocenters. The molecule has 2 rings (SSSR count). The Morgan fingerprint density at radius 2 is 1.62 bits per heavy atom. The summed E-state index contributed by atoms with van der Waals surface area (Å²) in [6.45, 7) is 7.61. The summed E-state index contributed by atoms with van der Waals surface area (Å²) >= 11 is 20.3. The van der Waals surface area contributed by atoms with E-state index in [1.807, 2.05) is 45.0 Å². The molecule has 174 valence electrons. The van der Waals surface area contributed by atoms with Crippen LogP contribution < -0.4 is 5.32 Å². The highest BCUT2D eigenvalue weighted by Crippen LogP contribution is 2.27. The van der Waals surface area contributed by atoms with Gasteiger partial charge in [0.15, 0.2) is 0 Å². The van der Waals surface area contributed by atoms with Crippen molar-refractivity contribution in [3.8, 4) is 0 Å². The van der Waals surface area contributed by atoms with Gasteiger partial charge < -0.3 is 10.2 Å². The Morgan fingerprint density at radius 3 is 2.19 bits per heavy atom. The number of hydrogen-bond donors (Lipinski definition) is 1. The van der Waals surface area contributed by atoms with Gasteiger partial charge in [0.1, 0.15) is 6.04 Å². The maximum absolute atomic E-state index is 13.2. The Balaban J connectivity index is 2.09. The van der Waals surface area contributed by atoms with Crippen molar-refractivity contribution in [3.63, 3.8) is 0 Å². The van der Waals surface area contributed by atoms with Crippen LogP contribution in [-0.4, -0.2) is 34.0 Å². The number of carbonyl (C=O) groups is 2. The van der Waals surface area contributed by atoms with Crippen molar-refractivity contribution in [2.45, 2.75) is 63.6 Å². The fourth-order valence-corrected chi connectivity index (χ4v) is 4.49. The fourth-order valence-electron chi connectivity index (χ4n) is 3.00. The second-order valence-electron chi connectivity index (χ2n) is 8.54. The van der Waals surface area contributed by atoms with E-state index in [-0.39, 0.29) is 18.4 Å². The summed E-state index contributed by atoms with van der Waals surface area (Å²) in [6, 6.07) is 12.2. The number of amides is 2. The highest BCUT2D eigenvalue weighted by molar-refractivity contribution is 7.99. The van der Waals surface area contributed by atoms with E-state index in [1.165, 1.54) is 0 Å². The van der Waals surface area contributed by atoms with Crippen molar-refractivity contribution < 1.29 is 9.59 Å². The maximum Gasteiger partial charge on any atom is 0.242 e. The Kier molecular flexibility index (Phi) is 10.2. The van der Waals surface area contributed by atoms with Crippen LogP contribution in [0.2, 0.25) is 15.1 Å². The van der Waals surface area contributed by atoms with Gasteiger partial charge in [-0.3, -0.25) is 9.59 Å². The van der Waals surface area contributed by atoms with Crippen molar-refractivity contribution >= 4 is 58.4 Å². The molecule has 2 aromatic carbocycles. The number of thioether (sulfide) groups is 1. The van der Waals surface area contributed by atoms with Crippen LogP contribution in [0.3, 0.4) is 0 Å². The smallest absolute Gasteiger partial charge is 0.242 e. The molecular formula is C24H29Cl3N2O2S. The summed E-state index contributed by atoms with van der Waals surface area (Å²) in [4.78, 5) is 28.6. The van der Waals surface area contributed by atoms with Gasteiger partial charge in [0, 0.05) is 44.0 Å². The molecule has 1 N–H and O–H groups in total. The number of nitrogens with zero attached hydrogens (tertiary/aromatic N) is 1. The van der Waals surface area contributed by atoms with Crippen LogP contribution in [0, 0.1) is 0 Å². The molecule has 0 saturated carbocycles. The van der Waals surface area contributed by atoms with Gasteiger partial charge >= 0.3 is 0 Å². The molecule has 0 fully saturated rings. The van der Waals surface area contributed by atoms with Crippen molar-refractivity contribution in [2.24, 2.45) is 0 Å². The van der Waals surface area contributed by atoms with E-state index in [1.54, 1.807) is 41.8 Å². The molecule has 2 amide bonds. The largest absolute Gasteiger partial charge is 0.350 e. The van der Waals surface area contributed by atoms with Crippen LogP contribution in [0.5, 0.6) is 0 Å². The number of hydrogen-bond acceptors (Lipinski definition) is 3. The van der Waals surface area contributed by atoms with E-state index in [2.05, 4.69) is 5.32 Å². The molecule has 8 heteroatoms. The first-order chi connectivity index (χ1) is 15.0. The highest BCUT2D eigenvalue weighted by Gasteiger charge is 2.29. The van der Waals surface area contributed by atoms with Gasteiger partial charge in [0.05, 0.1) is 0 Å². The first-order valence-corrected chi connectivity index (χ1v) is 12.5. The van der Waals surface area contributed by atoms with Crippen molar-refractivity contribution in [3.05, 3.63) is 63.1 Å². The average Bonchev–Trinajstić information content (AvgIpc) is 2.70. The zero-order valence-corrected chi connectivity index (χ0v) is 21.8. The Labute approximate surface area is 210 Å². The number of carbonyl (C=O) groups excluding carboxylic acids is 2. The monoisotopic (exact) mass is 514 g/mol. The first kappa shape index (κ1) is 26.8. The highest BCUT2D eigenvalue weighted by atomic mass is 35.5. The van der Waals surface area contributed by atoms with E-state index < -0.39 is 11.6 Å². The summed E-state index contributed by atoms with van der Waals surface area (Å²) in [7, 11) is 0. The van der Waals surface area contributed by atoms with Gasteiger partial charge in [-0.1, -0.05) is 40.9 Å². The summed E-state index contributed by atoms with van der Waals surface area (Å²) in [6.07, 6.45) is 0.988. The standard InChI is InChI=1S/C24H29Cl3N2O2S/c1-16(23(31)28-24(2,3)4)29(15-19-20(26)7-5-8-21(19)27)22(30)9-6-14-32-18-12-10-17(25)11-13-18/h5,7-8,10-13,16H,6,9,14-15H2,1-4H3,(H,28,31)/t16-/m0/s1. The minimum atomic E-state index is -0.669. The third kappa shape index (κ3) is 8.51. The van der Waals surface area contributed by atoms with Crippen LogP contribution in [0.4, 0.5) is 0 Å². The number of nitrogens with one attached hydrogen (secondary N) is 1. The first-order valence-electron chi connectivity index (χ1n) is 10.4. The Hall–Kier alpha value is -1.40. The zero-order chi connectivity index (χ0) is 23.9. The molecule has 0 spiro atoms. The van der Waals surface area contributed by atoms with E-state index in [4.69, 9.17) is 34.8 Å². The molecule has 0 heterocycles. The van der Waals surface area contributed by atoms with E-state index in [0.29, 0.717) is 33.5 Å². The summed E-state index contributed by atoms with van der Waals surface area (Å²) in [5.41, 5.74) is 0.229.